The molecule has 0 aliphatic rings. The molecule has 4 nitrogen and oxygen atoms in total. The fourth-order valence-electron chi connectivity index (χ4n) is 2.64. The van der Waals surface area contributed by atoms with Gasteiger partial charge in [-0.15, -0.1) is 23.1 Å². The second-order valence-electron chi connectivity index (χ2n) is 6.15. The van der Waals surface area contributed by atoms with E-state index < -0.39 is 0 Å². The Bertz CT molecular complexity index is 1060. The lowest BCUT2D eigenvalue weighted by Gasteiger charge is -2.04. The predicted molar refractivity (Wildman–Crippen MR) is 112 cm³/mol. The van der Waals surface area contributed by atoms with E-state index in [1.165, 1.54) is 23.9 Å². The SMILES string of the molecule is O=C(CSCc1ccc(F)cc1)NCc1ccc(-c2nc3ccccc3s2)o1. The molecular formula is C21H17FN2O2S2. The van der Waals surface area contributed by atoms with Crippen LogP contribution in [0.2, 0.25) is 0 Å². The highest BCUT2D eigenvalue weighted by molar-refractivity contribution is 7.99. The number of thioether (sulfide) groups is 1. The molecule has 0 radical (unpaired) electrons. The summed E-state index contributed by atoms with van der Waals surface area (Å²) in [6.45, 7) is 0.334. The highest BCUT2D eigenvalue weighted by atomic mass is 32.2. The highest BCUT2D eigenvalue weighted by Gasteiger charge is 2.11. The predicted octanol–water partition coefficient (Wildman–Crippen LogP) is 5.25. The first-order chi connectivity index (χ1) is 13.7. The summed E-state index contributed by atoms with van der Waals surface area (Å²) < 4.78 is 19.8. The molecule has 1 N–H and O–H groups in total. The molecule has 0 aliphatic heterocycles. The van der Waals surface area contributed by atoms with Crippen molar-refractivity contribution in [1.29, 1.82) is 0 Å². The largest absolute Gasteiger partial charge is 0.457 e. The van der Waals surface area contributed by atoms with Crippen molar-refractivity contribution in [2.45, 2.75) is 12.3 Å². The van der Waals surface area contributed by atoms with Gasteiger partial charge in [-0.1, -0.05) is 24.3 Å². The maximum Gasteiger partial charge on any atom is 0.230 e. The smallest absolute Gasteiger partial charge is 0.230 e. The highest BCUT2D eigenvalue weighted by Crippen LogP contribution is 2.31. The van der Waals surface area contributed by atoms with E-state index in [1.807, 2.05) is 36.4 Å². The molecule has 0 saturated heterocycles. The minimum Gasteiger partial charge on any atom is -0.457 e. The lowest BCUT2D eigenvalue weighted by molar-refractivity contribution is -0.118. The molecule has 28 heavy (non-hydrogen) atoms. The zero-order valence-electron chi connectivity index (χ0n) is 14.9. The van der Waals surface area contributed by atoms with E-state index in [1.54, 1.807) is 23.5 Å². The second-order valence-corrected chi connectivity index (χ2v) is 8.16. The Balaban J connectivity index is 1.27. The van der Waals surface area contributed by atoms with E-state index >= 15 is 0 Å². The topological polar surface area (TPSA) is 55.1 Å². The van der Waals surface area contributed by atoms with Gasteiger partial charge in [0.1, 0.15) is 11.6 Å². The minimum absolute atomic E-state index is 0.0648. The number of hydrogen-bond donors (Lipinski definition) is 1. The fraction of sp³-hybridized carbons (Fsp3) is 0.143. The Hall–Kier alpha value is -2.64. The Morgan fingerprint density at radius 1 is 1.11 bits per heavy atom. The van der Waals surface area contributed by atoms with E-state index in [9.17, 15) is 9.18 Å². The minimum atomic E-state index is -0.254. The molecule has 0 saturated carbocycles. The molecule has 0 aliphatic carbocycles. The molecule has 0 bridgehead atoms. The van der Waals surface area contributed by atoms with E-state index in [2.05, 4.69) is 10.3 Å². The first-order valence-corrected chi connectivity index (χ1v) is 10.7. The van der Waals surface area contributed by atoms with Crippen LogP contribution < -0.4 is 5.32 Å². The first kappa shape index (κ1) is 18.7. The molecule has 7 heteroatoms. The van der Waals surface area contributed by atoms with Gasteiger partial charge < -0.3 is 9.73 Å². The number of hydrogen-bond acceptors (Lipinski definition) is 5. The maximum absolute atomic E-state index is 12.9. The molecule has 0 atom stereocenters. The number of carbonyl (C=O) groups is 1. The van der Waals surface area contributed by atoms with Crippen LogP contribution in [0.15, 0.2) is 65.1 Å². The van der Waals surface area contributed by atoms with E-state index in [0.717, 1.165) is 20.8 Å². The number of nitrogens with zero attached hydrogens (tertiary/aromatic N) is 1. The van der Waals surface area contributed by atoms with Crippen LogP contribution in [0.25, 0.3) is 21.0 Å². The van der Waals surface area contributed by atoms with Crippen LogP contribution in [0.3, 0.4) is 0 Å². The summed E-state index contributed by atoms with van der Waals surface area (Å²) in [6, 6.07) is 18.0. The summed E-state index contributed by atoms with van der Waals surface area (Å²) in [6.07, 6.45) is 0. The molecular weight excluding hydrogens is 395 g/mol. The normalized spacial score (nSPS) is 11.0. The summed E-state index contributed by atoms with van der Waals surface area (Å²) in [5.41, 5.74) is 1.94. The molecule has 2 aromatic carbocycles. The number of thiazole rings is 1. The van der Waals surface area contributed by atoms with Gasteiger partial charge in [-0.05, 0) is 42.0 Å². The van der Waals surface area contributed by atoms with Crippen molar-refractivity contribution in [3.63, 3.8) is 0 Å². The molecule has 2 aromatic heterocycles. The average molecular weight is 413 g/mol. The fourth-order valence-corrected chi connectivity index (χ4v) is 4.39. The number of halogens is 1. The molecule has 0 fully saturated rings. The van der Waals surface area contributed by atoms with Gasteiger partial charge in [-0.2, -0.15) is 0 Å². The van der Waals surface area contributed by atoms with Crippen molar-refractivity contribution in [3.8, 4) is 10.8 Å². The van der Waals surface area contributed by atoms with Crippen molar-refractivity contribution >= 4 is 39.2 Å². The van der Waals surface area contributed by atoms with Crippen molar-refractivity contribution in [2.75, 3.05) is 5.75 Å². The van der Waals surface area contributed by atoms with Gasteiger partial charge in [0.25, 0.3) is 0 Å². The number of fused-ring (bicyclic) bond motifs is 1. The molecule has 0 unspecified atom stereocenters. The third-order valence-corrected chi connectivity index (χ3v) is 6.10. The van der Waals surface area contributed by atoms with Crippen molar-refractivity contribution < 1.29 is 13.6 Å². The molecule has 4 aromatic rings. The second kappa shape index (κ2) is 8.58. The van der Waals surface area contributed by atoms with Gasteiger partial charge in [-0.3, -0.25) is 4.79 Å². The van der Waals surface area contributed by atoms with Gasteiger partial charge >= 0.3 is 0 Å². The van der Waals surface area contributed by atoms with E-state index in [4.69, 9.17) is 4.42 Å². The number of para-hydroxylation sites is 1. The Labute approximate surface area is 169 Å². The van der Waals surface area contributed by atoms with Crippen molar-refractivity contribution in [3.05, 3.63) is 77.8 Å². The van der Waals surface area contributed by atoms with Crippen LogP contribution in [0, 0.1) is 5.82 Å². The van der Waals surface area contributed by atoms with Crippen molar-refractivity contribution in [1.82, 2.24) is 10.3 Å². The van der Waals surface area contributed by atoms with Gasteiger partial charge in [-0.25, -0.2) is 9.37 Å². The maximum atomic E-state index is 12.9. The molecule has 4 rings (SSSR count). The van der Waals surface area contributed by atoms with E-state index in [0.29, 0.717) is 29.6 Å². The summed E-state index contributed by atoms with van der Waals surface area (Å²) in [7, 11) is 0. The number of nitrogens with one attached hydrogen (secondary N) is 1. The third kappa shape index (κ3) is 4.61. The van der Waals surface area contributed by atoms with Crippen LogP contribution in [0.4, 0.5) is 4.39 Å². The lowest BCUT2D eigenvalue weighted by Crippen LogP contribution is -2.24. The number of furan rings is 1. The lowest BCUT2D eigenvalue weighted by atomic mass is 10.2. The van der Waals surface area contributed by atoms with Crippen molar-refractivity contribution in [2.24, 2.45) is 0 Å². The number of aromatic nitrogens is 1. The number of benzene rings is 2. The first-order valence-electron chi connectivity index (χ1n) is 8.71. The molecule has 0 spiro atoms. The van der Waals surface area contributed by atoms with Crippen LogP contribution in [0.5, 0.6) is 0 Å². The van der Waals surface area contributed by atoms with Gasteiger partial charge in [0.05, 0.1) is 22.5 Å². The zero-order valence-corrected chi connectivity index (χ0v) is 16.5. The number of carbonyl (C=O) groups excluding carboxylic acids is 1. The standard InChI is InChI=1S/C21H17FN2O2S2/c22-15-7-5-14(6-8-15)12-27-13-20(25)23-11-16-9-10-18(26-16)21-24-17-3-1-2-4-19(17)28-21/h1-10H,11-13H2,(H,23,25). The van der Waals surface area contributed by atoms with Gasteiger partial charge in [0.2, 0.25) is 5.91 Å². The van der Waals surface area contributed by atoms with Crippen LogP contribution >= 0.6 is 23.1 Å². The van der Waals surface area contributed by atoms with E-state index in [-0.39, 0.29) is 11.7 Å². The third-order valence-electron chi connectivity index (χ3n) is 4.04. The quantitative estimate of drug-likeness (QED) is 0.451. The Morgan fingerprint density at radius 2 is 1.93 bits per heavy atom. The van der Waals surface area contributed by atoms with Crippen LogP contribution in [-0.4, -0.2) is 16.6 Å². The summed E-state index contributed by atoms with van der Waals surface area (Å²) >= 11 is 3.07. The summed E-state index contributed by atoms with van der Waals surface area (Å²) in [4.78, 5) is 16.6. The molecule has 142 valence electrons. The number of amides is 1. The number of rotatable bonds is 7. The zero-order chi connectivity index (χ0) is 19.3. The molecule has 1 amide bonds. The van der Waals surface area contributed by atoms with Crippen LogP contribution in [0.1, 0.15) is 11.3 Å². The summed E-state index contributed by atoms with van der Waals surface area (Å²) in [5, 5.41) is 3.68. The summed E-state index contributed by atoms with van der Waals surface area (Å²) in [5.74, 6) is 2.07. The Morgan fingerprint density at radius 3 is 2.75 bits per heavy atom. The Kier molecular flexibility index (Phi) is 5.73. The average Bonchev–Trinajstić information content (AvgIpc) is 3.34. The molecule has 2 heterocycles. The monoisotopic (exact) mass is 412 g/mol. The van der Waals surface area contributed by atoms with Crippen LogP contribution in [-0.2, 0) is 17.1 Å². The van der Waals surface area contributed by atoms with Gasteiger partial charge in [0, 0.05) is 5.75 Å². The van der Waals surface area contributed by atoms with Gasteiger partial charge in [0.15, 0.2) is 10.8 Å².